The molecular weight excluding hydrogens is 258 g/mol. The summed E-state index contributed by atoms with van der Waals surface area (Å²) < 4.78 is 30.2. The van der Waals surface area contributed by atoms with Gasteiger partial charge in [-0.3, -0.25) is 0 Å². The maximum absolute atomic E-state index is 12.4. The largest absolute Gasteiger partial charge is 0.490 e. The van der Waals surface area contributed by atoms with E-state index < -0.39 is 6.43 Å². The molecule has 1 heterocycles. The summed E-state index contributed by atoms with van der Waals surface area (Å²) >= 11 is 3.01. The lowest BCUT2D eigenvalue weighted by atomic mass is 10.3. The molecule has 6 heteroatoms. The number of nitrogens with two attached hydrogens (primary N) is 1. The van der Waals surface area contributed by atoms with Crippen molar-refractivity contribution in [2.75, 3.05) is 13.2 Å². The second kappa shape index (κ2) is 5.21. The molecule has 0 aliphatic carbocycles. The molecule has 1 rings (SSSR count). The van der Waals surface area contributed by atoms with E-state index in [-0.39, 0.29) is 24.6 Å². The molecule has 0 aliphatic heterocycles. The Balaban J connectivity index is 2.90. The van der Waals surface area contributed by atoms with Crippen LogP contribution in [0.2, 0.25) is 0 Å². The fourth-order valence-corrected chi connectivity index (χ4v) is 1.21. The monoisotopic (exact) mass is 266 g/mol. The molecule has 0 aliphatic rings. The van der Waals surface area contributed by atoms with Crippen molar-refractivity contribution in [2.24, 2.45) is 5.73 Å². The number of hydrogen-bond acceptors (Lipinski definition) is 3. The van der Waals surface area contributed by atoms with Crippen LogP contribution < -0.4 is 10.5 Å². The van der Waals surface area contributed by atoms with Crippen molar-refractivity contribution >= 4 is 15.9 Å². The Labute approximate surface area is 88.4 Å². The first-order valence-electron chi connectivity index (χ1n) is 3.92. The highest BCUT2D eigenvalue weighted by Crippen LogP contribution is 2.28. The van der Waals surface area contributed by atoms with Crippen molar-refractivity contribution in [2.45, 2.75) is 6.43 Å². The van der Waals surface area contributed by atoms with Gasteiger partial charge >= 0.3 is 0 Å². The van der Waals surface area contributed by atoms with E-state index in [0.717, 1.165) is 0 Å². The van der Waals surface area contributed by atoms with E-state index in [9.17, 15) is 8.78 Å². The maximum Gasteiger partial charge on any atom is 0.284 e. The van der Waals surface area contributed by atoms with Crippen LogP contribution >= 0.6 is 15.9 Å². The molecular formula is C8H9BrF2N2O. The Morgan fingerprint density at radius 3 is 2.79 bits per heavy atom. The highest BCUT2D eigenvalue weighted by molar-refractivity contribution is 9.10. The summed E-state index contributed by atoms with van der Waals surface area (Å²) in [6.45, 7) is 0.474. The highest BCUT2D eigenvalue weighted by atomic mass is 79.9. The molecule has 0 fully saturated rings. The second-order valence-corrected chi connectivity index (χ2v) is 3.27. The number of nitrogens with zero attached hydrogens (tertiary/aromatic N) is 1. The van der Waals surface area contributed by atoms with Gasteiger partial charge in [-0.1, -0.05) is 0 Å². The van der Waals surface area contributed by atoms with Gasteiger partial charge in [-0.15, -0.1) is 0 Å². The van der Waals surface area contributed by atoms with E-state index in [1.165, 1.54) is 12.1 Å². The smallest absolute Gasteiger partial charge is 0.284 e. The zero-order valence-corrected chi connectivity index (χ0v) is 8.80. The summed E-state index contributed by atoms with van der Waals surface area (Å²) in [5.74, 6) is 0.0775. The van der Waals surface area contributed by atoms with Crippen molar-refractivity contribution < 1.29 is 13.5 Å². The molecule has 0 bridgehead atoms. The fourth-order valence-electron chi connectivity index (χ4n) is 0.885. The number of ether oxygens (including phenoxy) is 1. The van der Waals surface area contributed by atoms with E-state index in [4.69, 9.17) is 10.5 Å². The van der Waals surface area contributed by atoms with Gasteiger partial charge in [-0.2, -0.15) is 0 Å². The predicted octanol–water partition coefficient (Wildman–Crippen LogP) is 2.12. The van der Waals surface area contributed by atoms with Gasteiger partial charge in [0.15, 0.2) is 0 Å². The van der Waals surface area contributed by atoms with Gasteiger partial charge in [0.1, 0.15) is 22.7 Å². The number of hydrogen-bond donors (Lipinski definition) is 1. The molecule has 0 amide bonds. The van der Waals surface area contributed by atoms with Gasteiger partial charge < -0.3 is 10.5 Å². The summed E-state index contributed by atoms with van der Waals surface area (Å²) in [5, 5.41) is 0. The molecule has 0 spiro atoms. The topological polar surface area (TPSA) is 48.1 Å². The first kappa shape index (κ1) is 11.3. The normalized spacial score (nSPS) is 10.6. The third-order valence-corrected chi connectivity index (χ3v) is 1.88. The molecule has 1 aromatic rings. The number of alkyl halides is 2. The van der Waals surface area contributed by atoms with Gasteiger partial charge in [0.05, 0.1) is 0 Å². The van der Waals surface area contributed by atoms with Crippen LogP contribution in [0, 0.1) is 0 Å². The van der Waals surface area contributed by atoms with Crippen molar-refractivity contribution in [3.63, 3.8) is 0 Å². The summed E-state index contributed by atoms with van der Waals surface area (Å²) in [7, 11) is 0. The number of pyridine rings is 1. The van der Waals surface area contributed by atoms with Crippen LogP contribution in [0.3, 0.4) is 0 Å². The lowest BCUT2D eigenvalue weighted by Gasteiger charge is -2.09. The zero-order valence-electron chi connectivity index (χ0n) is 7.21. The van der Waals surface area contributed by atoms with E-state index in [0.29, 0.717) is 4.60 Å². The van der Waals surface area contributed by atoms with Crippen molar-refractivity contribution in [3.05, 3.63) is 22.4 Å². The molecule has 0 saturated heterocycles. The van der Waals surface area contributed by atoms with Crippen LogP contribution in [0.5, 0.6) is 5.75 Å². The first-order chi connectivity index (χ1) is 6.65. The van der Waals surface area contributed by atoms with E-state index in [2.05, 4.69) is 20.9 Å². The summed E-state index contributed by atoms with van der Waals surface area (Å²) in [6, 6.07) is 2.98. The van der Waals surface area contributed by atoms with Gasteiger partial charge in [0, 0.05) is 6.54 Å². The first-order valence-corrected chi connectivity index (χ1v) is 4.72. The molecule has 0 saturated carbocycles. The standard InChI is InChI=1S/C8H9BrF2N2O/c9-6-2-1-5(14-4-3-12)7(13-6)8(10)11/h1-2,8H,3-4,12H2. The van der Waals surface area contributed by atoms with Crippen LogP contribution in [-0.2, 0) is 0 Å². The Bertz CT molecular complexity index is 309. The second-order valence-electron chi connectivity index (χ2n) is 2.46. The molecule has 78 valence electrons. The number of halogens is 3. The van der Waals surface area contributed by atoms with E-state index >= 15 is 0 Å². The minimum absolute atomic E-state index is 0.0775. The summed E-state index contributed by atoms with van der Waals surface area (Å²) in [5.41, 5.74) is 4.82. The van der Waals surface area contributed by atoms with Gasteiger partial charge in [-0.25, -0.2) is 13.8 Å². The van der Waals surface area contributed by atoms with E-state index in [1.54, 1.807) is 0 Å². The van der Waals surface area contributed by atoms with Gasteiger partial charge in [0.25, 0.3) is 6.43 Å². The molecule has 3 nitrogen and oxygen atoms in total. The minimum Gasteiger partial charge on any atom is -0.490 e. The number of aromatic nitrogens is 1. The lowest BCUT2D eigenvalue weighted by molar-refractivity contribution is 0.139. The van der Waals surface area contributed by atoms with Crippen LogP contribution in [0.4, 0.5) is 8.78 Å². The van der Waals surface area contributed by atoms with Gasteiger partial charge in [-0.05, 0) is 28.1 Å². The van der Waals surface area contributed by atoms with Gasteiger partial charge in [0.2, 0.25) is 0 Å². The third-order valence-electron chi connectivity index (χ3n) is 1.43. The number of rotatable bonds is 4. The predicted molar refractivity (Wildman–Crippen MR) is 51.4 cm³/mol. The fraction of sp³-hybridized carbons (Fsp3) is 0.375. The van der Waals surface area contributed by atoms with Crippen LogP contribution in [0.15, 0.2) is 16.7 Å². The van der Waals surface area contributed by atoms with Crippen LogP contribution in [0.1, 0.15) is 12.1 Å². The zero-order chi connectivity index (χ0) is 10.6. The lowest BCUT2D eigenvalue weighted by Crippen LogP contribution is -2.12. The molecule has 0 aromatic carbocycles. The maximum atomic E-state index is 12.4. The summed E-state index contributed by atoms with van der Waals surface area (Å²) in [4.78, 5) is 3.63. The highest BCUT2D eigenvalue weighted by Gasteiger charge is 2.16. The van der Waals surface area contributed by atoms with Crippen LogP contribution in [0.25, 0.3) is 0 Å². The summed E-state index contributed by atoms with van der Waals surface area (Å²) in [6.07, 6.45) is -2.65. The Morgan fingerprint density at radius 2 is 2.21 bits per heavy atom. The molecule has 14 heavy (non-hydrogen) atoms. The van der Waals surface area contributed by atoms with Crippen LogP contribution in [-0.4, -0.2) is 18.1 Å². The SMILES string of the molecule is NCCOc1ccc(Br)nc1C(F)F. The molecule has 0 atom stereocenters. The average molecular weight is 267 g/mol. The third kappa shape index (κ3) is 2.88. The molecule has 0 radical (unpaired) electrons. The van der Waals surface area contributed by atoms with Crippen molar-refractivity contribution in [3.8, 4) is 5.75 Å². The minimum atomic E-state index is -2.65. The molecule has 1 aromatic heterocycles. The Hall–Kier alpha value is -0.750. The molecule has 0 unspecified atom stereocenters. The average Bonchev–Trinajstić information content (AvgIpc) is 2.15. The quantitative estimate of drug-likeness (QED) is 0.850. The van der Waals surface area contributed by atoms with Crippen molar-refractivity contribution in [1.29, 1.82) is 0 Å². The van der Waals surface area contributed by atoms with Crippen molar-refractivity contribution in [1.82, 2.24) is 4.98 Å². The Kier molecular flexibility index (Phi) is 4.21. The Morgan fingerprint density at radius 1 is 1.50 bits per heavy atom. The van der Waals surface area contributed by atoms with E-state index in [1.807, 2.05) is 0 Å². The molecule has 2 N–H and O–H groups in total.